The molecule has 2 saturated heterocycles. The van der Waals surface area contributed by atoms with Crippen molar-refractivity contribution in [2.45, 2.75) is 45.4 Å². The van der Waals surface area contributed by atoms with Crippen LogP contribution in [0.15, 0.2) is 24.3 Å². The average Bonchev–Trinajstić information content (AvgIpc) is 2.80. The maximum Gasteiger partial charge on any atom is 0.120 e. The molecule has 2 fully saturated rings. The Kier molecular flexibility index (Phi) is 4.27. The van der Waals surface area contributed by atoms with E-state index in [1.165, 1.54) is 38.0 Å². The number of nitrogens with zero attached hydrogens (tertiary/aromatic N) is 1. The van der Waals surface area contributed by atoms with Gasteiger partial charge in [0.15, 0.2) is 0 Å². The lowest BCUT2D eigenvalue weighted by Gasteiger charge is -2.24. The summed E-state index contributed by atoms with van der Waals surface area (Å²) in [7, 11) is 0. The van der Waals surface area contributed by atoms with Crippen LogP contribution in [-0.4, -0.2) is 36.7 Å². The van der Waals surface area contributed by atoms with E-state index >= 15 is 0 Å². The molecular weight excluding hydrogens is 248 g/mol. The third-order valence-corrected chi connectivity index (χ3v) is 4.35. The second-order valence-corrected chi connectivity index (χ2v) is 6.47. The molecule has 0 unspecified atom stereocenters. The number of hydrogen-bond donors (Lipinski definition) is 1. The summed E-state index contributed by atoms with van der Waals surface area (Å²) in [5.41, 5.74) is 1.36. The summed E-state index contributed by atoms with van der Waals surface area (Å²) in [5.74, 6) is 1.85. The van der Waals surface area contributed by atoms with E-state index in [0.717, 1.165) is 24.3 Å². The van der Waals surface area contributed by atoms with Gasteiger partial charge in [-0.3, -0.25) is 4.90 Å². The van der Waals surface area contributed by atoms with E-state index in [1.54, 1.807) is 0 Å². The molecule has 0 radical (unpaired) electrons. The van der Waals surface area contributed by atoms with Crippen molar-refractivity contribution in [2.75, 3.05) is 19.6 Å². The molecule has 1 N–H and O–H groups in total. The van der Waals surface area contributed by atoms with Crippen molar-refractivity contribution in [3.8, 4) is 5.75 Å². The van der Waals surface area contributed by atoms with Gasteiger partial charge in [0.1, 0.15) is 5.75 Å². The zero-order valence-electron chi connectivity index (χ0n) is 12.6. The van der Waals surface area contributed by atoms with Crippen molar-refractivity contribution in [2.24, 2.45) is 5.92 Å². The van der Waals surface area contributed by atoms with Crippen molar-refractivity contribution in [3.05, 3.63) is 29.8 Å². The molecule has 3 heteroatoms. The molecule has 0 aromatic heterocycles. The molecule has 2 heterocycles. The van der Waals surface area contributed by atoms with Crippen LogP contribution in [0.3, 0.4) is 0 Å². The summed E-state index contributed by atoms with van der Waals surface area (Å²) in [4.78, 5) is 2.59. The summed E-state index contributed by atoms with van der Waals surface area (Å²) in [6.45, 7) is 8.83. The minimum absolute atomic E-state index is 0.240. The average molecular weight is 274 g/mol. The molecule has 3 rings (SSSR count). The highest BCUT2D eigenvalue weighted by Crippen LogP contribution is 2.26. The Balaban J connectivity index is 1.60. The van der Waals surface area contributed by atoms with Gasteiger partial charge in [0.25, 0.3) is 0 Å². The summed E-state index contributed by atoms with van der Waals surface area (Å²) in [6.07, 6.45) is 2.97. The highest BCUT2D eigenvalue weighted by Gasteiger charge is 2.33. The Bertz CT molecular complexity index is 432. The SMILES string of the molecule is CC(C)Oc1cccc(CN2C[C@@H]3CCCN[C@@H]3C2)c1. The van der Waals surface area contributed by atoms with Gasteiger partial charge in [-0.15, -0.1) is 0 Å². The van der Waals surface area contributed by atoms with Gasteiger partial charge in [-0.05, 0) is 56.8 Å². The van der Waals surface area contributed by atoms with Crippen LogP contribution in [0.5, 0.6) is 5.75 Å². The van der Waals surface area contributed by atoms with Crippen molar-refractivity contribution in [3.63, 3.8) is 0 Å². The minimum Gasteiger partial charge on any atom is -0.491 e. The second kappa shape index (κ2) is 6.15. The number of ether oxygens (including phenoxy) is 1. The van der Waals surface area contributed by atoms with Gasteiger partial charge in [-0.2, -0.15) is 0 Å². The minimum atomic E-state index is 0.240. The zero-order chi connectivity index (χ0) is 13.9. The van der Waals surface area contributed by atoms with Gasteiger partial charge in [0.2, 0.25) is 0 Å². The smallest absolute Gasteiger partial charge is 0.120 e. The molecule has 2 atom stereocenters. The van der Waals surface area contributed by atoms with Crippen LogP contribution in [0.25, 0.3) is 0 Å². The predicted molar refractivity (Wildman–Crippen MR) is 82.0 cm³/mol. The summed E-state index contributed by atoms with van der Waals surface area (Å²) >= 11 is 0. The van der Waals surface area contributed by atoms with Crippen molar-refractivity contribution in [1.82, 2.24) is 10.2 Å². The molecule has 20 heavy (non-hydrogen) atoms. The first-order valence-corrected chi connectivity index (χ1v) is 7.92. The van der Waals surface area contributed by atoms with E-state index in [0.29, 0.717) is 0 Å². The number of nitrogens with one attached hydrogen (secondary N) is 1. The second-order valence-electron chi connectivity index (χ2n) is 6.47. The van der Waals surface area contributed by atoms with Crippen molar-refractivity contribution >= 4 is 0 Å². The lowest BCUT2D eigenvalue weighted by atomic mass is 9.94. The molecule has 0 spiro atoms. The first-order chi connectivity index (χ1) is 9.70. The maximum absolute atomic E-state index is 5.78. The van der Waals surface area contributed by atoms with E-state index in [-0.39, 0.29) is 6.10 Å². The summed E-state index contributed by atoms with van der Waals surface area (Å²) in [6, 6.07) is 9.28. The van der Waals surface area contributed by atoms with Crippen LogP contribution in [0, 0.1) is 5.92 Å². The number of hydrogen-bond acceptors (Lipinski definition) is 3. The van der Waals surface area contributed by atoms with Crippen LogP contribution < -0.4 is 10.1 Å². The van der Waals surface area contributed by atoms with Crippen LogP contribution in [0.1, 0.15) is 32.3 Å². The molecule has 1 aromatic rings. The van der Waals surface area contributed by atoms with E-state index in [2.05, 4.69) is 48.3 Å². The number of benzene rings is 1. The third kappa shape index (κ3) is 3.33. The van der Waals surface area contributed by atoms with E-state index in [9.17, 15) is 0 Å². The first-order valence-electron chi connectivity index (χ1n) is 7.92. The molecule has 2 aliphatic heterocycles. The van der Waals surface area contributed by atoms with Gasteiger partial charge in [0, 0.05) is 25.7 Å². The largest absolute Gasteiger partial charge is 0.491 e. The van der Waals surface area contributed by atoms with Crippen molar-refractivity contribution in [1.29, 1.82) is 0 Å². The molecule has 2 aliphatic rings. The van der Waals surface area contributed by atoms with Crippen LogP contribution in [0.4, 0.5) is 0 Å². The molecule has 0 aliphatic carbocycles. The molecule has 0 amide bonds. The highest BCUT2D eigenvalue weighted by atomic mass is 16.5. The lowest BCUT2D eigenvalue weighted by Crippen LogP contribution is -2.40. The highest BCUT2D eigenvalue weighted by molar-refractivity contribution is 5.28. The Morgan fingerprint density at radius 1 is 1.35 bits per heavy atom. The van der Waals surface area contributed by atoms with Gasteiger partial charge in [-0.25, -0.2) is 0 Å². The lowest BCUT2D eigenvalue weighted by molar-refractivity contribution is 0.241. The fraction of sp³-hybridized carbons (Fsp3) is 0.647. The maximum atomic E-state index is 5.78. The topological polar surface area (TPSA) is 24.5 Å². The van der Waals surface area contributed by atoms with Gasteiger partial charge < -0.3 is 10.1 Å². The third-order valence-electron chi connectivity index (χ3n) is 4.35. The van der Waals surface area contributed by atoms with Crippen LogP contribution in [-0.2, 0) is 6.54 Å². The zero-order valence-corrected chi connectivity index (χ0v) is 12.6. The van der Waals surface area contributed by atoms with Gasteiger partial charge >= 0.3 is 0 Å². The van der Waals surface area contributed by atoms with E-state index in [4.69, 9.17) is 4.74 Å². The fourth-order valence-electron chi connectivity index (χ4n) is 3.51. The number of likely N-dealkylation sites (tertiary alicyclic amines) is 1. The Hall–Kier alpha value is -1.06. The van der Waals surface area contributed by atoms with Gasteiger partial charge in [0.05, 0.1) is 6.10 Å². The molecule has 110 valence electrons. The molecule has 0 bridgehead atoms. The Morgan fingerprint density at radius 2 is 2.25 bits per heavy atom. The predicted octanol–water partition coefficient (Wildman–Crippen LogP) is 2.66. The molecular formula is C17H26N2O. The number of fused-ring (bicyclic) bond motifs is 1. The van der Waals surface area contributed by atoms with Crippen LogP contribution >= 0.6 is 0 Å². The Morgan fingerprint density at radius 3 is 3.05 bits per heavy atom. The van der Waals surface area contributed by atoms with Crippen LogP contribution in [0.2, 0.25) is 0 Å². The van der Waals surface area contributed by atoms with Crippen molar-refractivity contribution < 1.29 is 4.74 Å². The monoisotopic (exact) mass is 274 g/mol. The van der Waals surface area contributed by atoms with E-state index in [1.807, 2.05) is 0 Å². The molecule has 1 aromatic carbocycles. The fourth-order valence-corrected chi connectivity index (χ4v) is 3.51. The standard InChI is InChI=1S/C17H26N2O/c1-13(2)20-16-7-3-5-14(9-16)10-19-11-15-6-4-8-18-17(15)12-19/h3,5,7,9,13,15,17-18H,4,6,8,10-12H2,1-2H3/t15-,17+/m0/s1. The van der Waals surface area contributed by atoms with E-state index < -0.39 is 0 Å². The summed E-state index contributed by atoms with van der Waals surface area (Å²) in [5, 5.41) is 3.67. The van der Waals surface area contributed by atoms with Gasteiger partial charge in [-0.1, -0.05) is 12.1 Å². The quantitative estimate of drug-likeness (QED) is 0.913. The Labute approximate surface area is 122 Å². The summed E-state index contributed by atoms with van der Waals surface area (Å²) < 4.78 is 5.78. The first kappa shape index (κ1) is 13.9. The molecule has 3 nitrogen and oxygen atoms in total. The number of rotatable bonds is 4. The number of piperidine rings is 1. The molecule has 0 saturated carbocycles. The normalized spacial score (nSPS) is 26.8.